The maximum atomic E-state index is 13.2. The monoisotopic (exact) mass is 293 g/mol. The van der Waals surface area contributed by atoms with Crippen LogP contribution >= 0.6 is 12.4 Å². The minimum atomic E-state index is -1.01. The lowest BCUT2D eigenvalue weighted by Gasteiger charge is -2.06. The molecule has 0 aromatic heterocycles. The number of hydrogen-bond donors (Lipinski definition) is 2. The number of halogens is 2. The van der Waals surface area contributed by atoms with E-state index in [1.807, 2.05) is 0 Å². The summed E-state index contributed by atoms with van der Waals surface area (Å²) in [6.07, 6.45) is 0. The maximum Gasteiger partial charge on any atom is 0.305 e. The van der Waals surface area contributed by atoms with E-state index in [1.165, 1.54) is 6.07 Å². The lowest BCUT2D eigenvalue weighted by Crippen LogP contribution is -2.32. The van der Waals surface area contributed by atoms with Crippen LogP contribution in [0, 0.1) is 15.9 Å². The second-order valence-corrected chi connectivity index (χ2v) is 3.30. The summed E-state index contributed by atoms with van der Waals surface area (Å²) < 4.78 is 18.2. The first kappa shape index (κ1) is 17.1. The third kappa shape index (κ3) is 5.49. The van der Waals surface area contributed by atoms with Crippen LogP contribution in [0.2, 0.25) is 0 Å². The predicted molar refractivity (Wildman–Crippen MR) is 67.9 cm³/mol. The number of amides is 1. The second kappa shape index (κ2) is 8.22. The van der Waals surface area contributed by atoms with E-state index in [0.29, 0.717) is 13.1 Å². The molecule has 7 nitrogen and oxygen atoms in total. The van der Waals surface area contributed by atoms with Gasteiger partial charge in [0.15, 0.2) is 6.61 Å². The first-order valence-corrected chi connectivity index (χ1v) is 5.08. The Bertz CT molecular complexity index is 458. The van der Waals surface area contributed by atoms with Crippen molar-refractivity contribution in [3.8, 4) is 5.75 Å². The molecule has 106 valence electrons. The molecule has 0 aliphatic heterocycles. The van der Waals surface area contributed by atoms with Crippen LogP contribution in [0.25, 0.3) is 0 Å². The molecule has 0 saturated carbocycles. The lowest BCUT2D eigenvalue weighted by atomic mass is 10.3. The molecule has 0 heterocycles. The van der Waals surface area contributed by atoms with E-state index < -0.39 is 22.3 Å². The van der Waals surface area contributed by atoms with Gasteiger partial charge in [0.1, 0.15) is 5.75 Å². The number of nitrogens with zero attached hydrogens (tertiary/aromatic N) is 1. The van der Waals surface area contributed by atoms with Gasteiger partial charge >= 0.3 is 5.69 Å². The largest absolute Gasteiger partial charge is 0.484 e. The van der Waals surface area contributed by atoms with Crippen LogP contribution in [0.4, 0.5) is 10.1 Å². The Kier molecular flexibility index (Phi) is 7.39. The summed E-state index contributed by atoms with van der Waals surface area (Å²) in [6.45, 7) is 0.311. The highest BCUT2D eigenvalue weighted by Gasteiger charge is 2.14. The van der Waals surface area contributed by atoms with Gasteiger partial charge in [0.25, 0.3) is 5.91 Å². The molecular weight excluding hydrogens is 281 g/mol. The number of nitrogens with two attached hydrogens (primary N) is 1. The molecule has 9 heteroatoms. The van der Waals surface area contributed by atoms with E-state index >= 15 is 0 Å². The summed E-state index contributed by atoms with van der Waals surface area (Å²) in [5.41, 5.74) is 4.54. The molecule has 1 amide bonds. The number of carbonyl (C=O) groups is 1. The van der Waals surface area contributed by atoms with Crippen molar-refractivity contribution in [3.63, 3.8) is 0 Å². The Balaban J connectivity index is 0.00000324. The zero-order valence-electron chi connectivity index (χ0n) is 9.80. The predicted octanol–water partition coefficient (Wildman–Crippen LogP) is 0.609. The molecule has 0 saturated heterocycles. The highest BCUT2D eigenvalue weighted by molar-refractivity contribution is 5.85. The summed E-state index contributed by atoms with van der Waals surface area (Å²) in [5.74, 6) is -1.37. The van der Waals surface area contributed by atoms with Crippen molar-refractivity contribution in [2.24, 2.45) is 5.73 Å². The van der Waals surface area contributed by atoms with Gasteiger partial charge in [0, 0.05) is 25.2 Å². The average Bonchev–Trinajstić information content (AvgIpc) is 2.33. The van der Waals surface area contributed by atoms with E-state index in [2.05, 4.69) is 5.32 Å². The van der Waals surface area contributed by atoms with Crippen LogP contribution in [0.3, 0.4) is 0 Å². The van der Waals surface area contributed by atoms with Crippen molar-refractivity contribution in [1.29, 1.82) is 0 Å². The Hall–Kier alpha value is -1.93. The van der Waals surface area contributed by atoms with Crippen molar-refractivity contribution >= 4 is 24.0 Å². The molecule has 0 radical (unpaired) electrons. The Labute approximate surface area is 114 Å². The lowest BCUT2D eigenvalue weighted by molar-refractivity contribution is -0.387. The highest BCUT2D eigenvalue weighted by Crippen LogP contribution is 2.22. The van der Waals surface area contributed by atoms with Crippen LogP contribution in [-0.2, 0) is 4.79 Å². The fraction of sp³-hybridized carbons (Fsp3) is 0.300. The maximum absolute atomic E-state index is 13.2. The summed E-state index contributed by atoms with van der Waals surface area (Å²) in [7, 11) is 0. The summed E-state index contributed by atoms with van der Waals surface area (Å²) in [4.78, 5) is 20.7. The molecule has 0 fully saturated rings. The second-order valence-electron chi connectivity index (χ2n) is 3.30. The van der Waals surface area contributed by atoms with Gasteiger partial charge in [-0.05, 0) is 6.07 Å². The summed E-state index contributed by atoms with van der Waals surface area (Å²) in [5, 5.41) is 12.8. The van der Waals surface area contributed by atoms with Gasteiger partial charge in [-0.25, -0.2) is 0 Å². The first-order valence-electron chi connectivity index (χ1n) is 5.08. The zero-order chi connectivity index (χ0) is 13.5. The molecular formula is C10H13ClFN3O4. The van der Waals surface area contributed by atoms with Gasteiger partial charge in [0.2, 0.25) is 5.82 Å². The molecule has 3 N–H and O–H groups in total. The van der Waals surface area contributed by atoms with Crippen molar-refractivity contribution in [3.05, 3.63) is 34.1 Å². The van der Waals surface area contributed by atoms with Crippen molar-refractivity contribution in [2.45, 2.75) is 0 Å². The van der Waals surface area contributed by atoms with E-state index in [-0.39, 0.29) is 24.8 Å². The van der Waals surface area contributed by atoms with Crippen LogP contribution in [0.1, 0.15) is 0 Å². The first-order chi connectivity index (χ1) is 8.54. The molecule has 0 aliphatic carbocycles. The number of nitrogens with one attached hydrogen (secondary N) is 1. The number of hydrogen-bond acceptors (Lipinski definition) is 5. The third-order valence-electron chi connectivity index (χ3n) is 1.95. The SMILES string of the molecule is Cl.NCCNC(=O)COc1ccc([N+](=O)[O-])c(F)c1. The van der Waals surface area contributed by atoms with Gasteiger partial charge < -0.3 is 15.8 Å². The molecule has 19 heavy (non-hydrogen) atoms. The van der Waals surface area contributed by atoms with Gasteiger partial charge in [0.05, 0.1) is 4.92 Å². The van der Waals surface area contributed by atoms with Gasteiger partial charge in [-0.3, -0.25) is 14.9 Å². The summed E-state index contributed by atoms with van der Waals surface area (Å²) >= 11 is 0. The molecule has 0 aliphatic rings. The van der Waals surface area contributed by atoms with Gasteiger partial charge in [-0.1, -0.05) is 0 Å². The highest BCUT2D eigenvalue weighted by atomic mass is 35.5. The fourth-order valence-electron chi connectivity index (χ4n) is 1.14. The quantitative estimate of drug-likeness (QED) is 0.590. The van der Waals surface area contributed by atoms with E-state index in [1.54, 1.807) is 0 Å². The number of rotatable bonds is 6. The Morgan fingerprint density at radius 1 is 1.53 bits per heavy atom. The average molecular weight is 294 g/mol. The Morgan fingerprint density at radius 3 is 2.74 bits per heavy atom. The minimum Gasteiger partial charge on any atom is -0.484 e. The normalized spacial score (nSPS) is 9.37. The molecule has 0 atom stereocenters. The number of ether oxygens (including phenoxy) is 1. The van der Waals surface area contributed by atoms with E-state index in [4.69, 9.17) is 10.5 Å². The summed E-state index contributed by atoms with van der Waals surface area (Å²) in [6, 6.07) is 3.05. The Morgan fingerprint density at radius 2 is 2.21 bits per heavy atom. The molecule has 0 spiro atoms. The molecule has 1 rings (SSSR count). The van der Waals surface area contributed by atoms with Crippen LogP contribution in [0.15, 0.2) is 18.2 Å². The fourth-order valence-corrected chi connectivity index (χ4v) is 1.14. The van der Waals surface area contributed by atoms with Crippen LogP contribution < -0.4 is 15.8 Å². The smallest absolute Gasteiger partial charge is 0.305 e. The third-order valence-corrected chi connectivity index (χ3v) is 1.95. The van der Waals surface area contributed by atoms with Gasteiger partial charge in [-0.15, -0.1) is 12.4 Å². The molecule has 0 unspecified atom stereocenters. The standard InChI is InChI=1S/C10H12FN3O4.ClH/c11-8-5-7(1-2-9(8)14(16)17)18-6-10(15)13-4-3-12;/h1-2,5H,3-4,6,12H2,(H,13,15);1H. The molecule has 1 aromatic rings. The van der Waals surface area contributed by atoms with Crippen LogP contribution in [-0.4, -0.2) is 30.5 Å². The number of benzene rings is 1. The van der Waals surface area contributed by atoms with Crippen LogP contribution in [0.5, 0.6) is 5.75 Å². The van der Waals surface area contributed by atoms with Crippen molar-refractivity contribution < 1.29 is 18.8 Å². The van der Waals surface area contributed by atoms with E-state index in [9.17, 15) is 19.3 Å². The number of carbonyl (C=O) groups excluding carboxylic acids is 1. The zero-order valence-corrected chi connectivity index (χ0v) is 10.6. The minimum absolute atomic E-state index is 0. The van der Waals surface area contributed by atoms with Gasteiger partial charge in [-0.2, -0.15) is 4.39 Å². The van der Waals surface area contributed by atoms with Crippen molar-refractivity contribution in [2.75, 3.05) is 19.7 Å². The molecule has 1 aromatic carbocycles. The topological polar surface area (TPSA) is 107 Å². The van der Waals surface area contributed by atoms with Crippen molar-refractivity contribution in [1.82, 2.24) is 5.32 Å². The molecule has 0 bridgehead atoms. The number of nitro groups is 1. The van der Waals surface area contributed by atoms with E-state index in [0.717, 1.165) is 12.1 Å². The number of nitro benzene ring substituents is 1.